The average molecular weight is 354 g/mol. The highest BCUT2D eigenvalue weighted by Crippen LogP contribution is 2.26. The summed E-state index contributed by atoms with van der Waals surface area (Å²) in [6.07, 6.45) is 0.906. The number of phenols is 1. The highest BCUT2D eigenvalue weighted by molar-refractivity contribution is 5.93. The number of carbonyl (C=O) groups is 1. The number of hydrogen-bond acceptors (Lipinski definition) is 3. The number of quaternary nitrogens is 1. The molecule has 2 aromatic rings. The van der Waals surface area contributed by atoms with Crippen LogP contribution in [0.2, 0.25) is 0 Å². The van der Waals surface area contributed by atoms with Crippen LogP contribution in [0, 0.1) is 6.92 Å². The van der Waals surface area contributed by atoms with Crippen molar-refractivity contribution in [2.24, 2.45) is 0 Å². The van der Waals surface area contributed by atoms with E-state index in [1.807, 2.05) is 37.3 Å². The largest absolute Gasteiger partial charge is 0.506 e. The second kappa shape index (κ2) is 8.23. The number of carbonyl (C=O) groups excluding carboxylic acids is 1. The Labute approximate surface area is 155 Å². The van der Waals surface area contributed by atoms with Gasteiger partial charge in [0.1, 0.15) is 5.75 Å². The molecule has 1 fully saturated rings. The second-order valence-electron chi connectivity index (χ2n) is 6.91. The van der Waals surface area contributed by atoms with Crippen LogP contribution >= 0.6 is 0 Å². The molecule has 1 saturated heterocycles. The van der Waals surface area contributed by atoms with Crippen LogP contribution in [0.15, 0.2) is 42.5 Å². The summed E-state index contributed by atoms with van der Waals surface area (Å²) in [5, 5.41) is 13.1. The molecule has 0 bridgehead atoms. The van der Waals surface area contributed by atoms with Crippen molar-refractivity contribution in [3.05, 3.63) is 53.6 Å². The summed E-state index contributed by atoms with van der Waals surface area (Å²) in [4.78, 5) is 16.0. The number of piperazine rings is 1. The number of para-hydroxylation sites is 3. The van der Waals surface area contributed by atoms with Gasteiger partial charge in [0.25, 0.3) is 5.91 Å². The Kier molecular flexibility index (Phi) is 5.78. The van der Waals surface area contributed by atoms with Crippen LogP contribution in [-0.4, -0.2) is 43.7 Å². The molecule has 0 aliphatic carbocycles. The van der Waals surface area contributed by atoms with E-state index in [9.17, 15) is 9.90 Å². The van der Waals surface area contributed by atoms with E-state index in [2.05, 4.69) is 23.2 Å². The maximum Gasteiger partial charge on any atom is 0.279 e. The van der Waals surface area contributed by atoms with Crippen molar-refractivity contribution in [2.75, 3.05) is 42.9 Å². The summed E-state index contributed by atoms with van der Waals surface area (Å²) in [7, 11) is 0. The smallest absolute Gasteiger partial charge is 0.279 e. The number of rotatable bonds is 5. The van der Waals surface area contributed by atoms with Crippen LogP contribution in [0.5, 0.6) is 5.75 Å². The minimum absolute atomic E-state index is 0.0695. The lowest BCUT2D eigenvalue weighted by molar-refractivity contribution is -0.892. The average Bonchev–Trinajstić information content (AvgIpc) is 2.64. The highest BCUT2D eigenvalue weighted by atomic mass is 16.3. The SMILES string of the molecule is CCc1cccc(C)c1NC(=O)C[NH+]1CCN(c2ccccc2O)CC1. The first-order valence-electron chi connectivity index (χ1n) is 9.33. The first-order valence-corrected chi connectivity index (χ1v) is 9.33. The predicted octanol–water partition coefficient (Wildman–Crippen LogP) is 1.61. The minimum Gasteiger partial charge on any atom is -0.506 e. The standard InChI is InChI=1S/C21H27N3O2/c1-3-17-8-6-7-16(2)21(17)22-20(26)15-23-11-13-24(14-12-23)18-9-4-5-10-19(18)25/h4-10,25H,3,11-15H2,1-2H3,(H,22,26)/p+1. The summed E-state index contributed by atoms with van der Waals surface area (Å²) in [6, 6.07) is 13.6. The number of nitrogens with zero attached hydrogens (tertiary/aromatic N) is 1. The van der Waals surface area contributed by atoms with Gasteiger partial charge in [-0.3, -0.25) is 4.79 Å². The van der Waals surface area contributed by atoms with Crippen LogP contribution in [0.25, 0.3) is 0 Å². The number of benzene rings is 2. The zero-order valence-electron chi connectivity index (χ0n) is 15.6. The molecule has 0 spiro atoms. The third kappa shape index (κ3) is 4.17. The van der Waals surface area contributed by atoms with Crippen molar-refractivity contribution in [1.82, 2.24) is 0 Å². The van der Waals surface area contributed by atoms with E-state index in [0.717, 1.165) is 49.5 Å². The fraction of sp³-hybridized carbons (Fsp3) is 0.381. The van der Waals surface area contributed by atoms with Crippen LogP contribution in [-0.2, 0) is 11.2 Å². The van der Waals surface area contributed by atoms with Crippen LogP contribution in [0.4, 0.5) is 11.4 Å². The molecule has 26 heavy (non-hydrogen) atoms. The zero-order chi connectivity index (χ0) is 18.5. The Morgan fingerprint density at radius 1 is 1.15 bits per heavy atom. The van der Waals surface area contributed by atoms with Gasteiger partial charge in [0.05, 0.1) is 31.9 Å². The van der Waals surface area contributed by atoms with E-state index in [1.165, 1.54) is 10.5 Å². The summed E-state index contributed by atoms with van der Waals surface area (Å²) < 4.78 is 0. The first kappa shape index (κ1) is 18.3. The van der Waals surface area contributed by atoms with E-state index < -0.39 is 0 Å². The maximum atomic E-state index is 12.5. The topological polar surface area (TPSA) is 57.0 Å². The molecule has 2 aromatic carbocycles. The van der Waals surface area contributed by atoms with E-state index >= 15 is 0 Å². The van der Waals surface area contributed by atoms with Crippen molar-refractivity contribution in [3.8, 4) is 5.75 Å². The normalized spacial score (nSPS) is 15.1. The van der Waals surface area contributed by atoms with Crippen molar-refractivity contribution < 1.29 is 14.8 Å². The monoisotopic (exact) mass is 354 g/mol. The number of aryl methyl sites for hydroxylation is 2. The highest BCUT2D eigenvalue weighted by Gasteiger charge is 2.24. The van der Waals surface area contributed by atoms with E-state index in [4.69, 9.17) is 0 Å². The van der Waals surface area contributed by atoms with Crippen LogP contribution in [0.3, 0.4) is 0 Å². The molecule has 0 aromatic heterocycles. The number of amides is 1. The van der Waals surface area contributed by atoms with Crippen molar-refractivity contribution >= 4 is 17.3 Å². The van der Waals surface area contributed by atoms with Gasteiger partial charge in [-0.2, -0.15) is 0 Å². The molecular formula is C21H28N3O2+. The van der Waals surface area contributed by atoms with Gasteiger partial charge in [0.2, 0.25) is 0 Å². The molecule has 1 aliphatic heterocycles. The Morgan fingerprint density at radius 2 is 1.88 bits per heavy atom. The van der Waals surface area contributed by atoms with Crippen molar-refractivity contribution in [2.45, 2.75) is 20.3 Å². The lowest BCUT2D eigenvalue weighted by atomic mass is 10.1. The van der Waals surface area contributed by atoms with Gasteiger partial charge in [-0.05, 0) is 36.6 Å². The lowest BCUT2D eigenvalue weighted by Gasteiger charge is -2.33. The quantitative estimate of drug-likeness (QED) is 0.765. The number of phenolic OH excluding ortho intramolecular Hbond substituents is 1. The molecule has 1 heterocycles. The van der Waals surface area contributed by atoms with E-state index in [1.54, 1.807) is 6.07 Å². The summed E-state index contributed by atoms with van der Waals surface area (Å²) in [5.74, 6) is 0.389. The third-order valence-electron chi connectivity index (χ3n) is 5.11. The fourth-order valence-corrected chi connectivity index (χ4v) is 3.58. The van der Waals surface area contributed by atoms with Gasteiger partial charge < -0.3 is 20.2 Å². The molecule has 0 atom stereocenters. The van der Waals surface area contributed by atoms with Crippen molar-refractivity contribution in [3.63, 3.8) is 0 Å². The third-order valence-corrected chi connectivity index (χ3v) is 5.11. The predicted molar refractivity (Wildman–Crippen MR) is 105 cm³/mol. The van der Waals surface area contributed by atoms with Gasteiger partial charge >= 0.3 is 0 Å². The molecule has 0 radical (unpaired) electrons. The molecule has 0 unspecified atom stereocenters. The molecule has 5 heteroatoms. The molecular weight excluding hydrogens is 326 g/mol. The summed E-state index contributed by atoms with van der Waals surface area (Å²) in [6.45, 7) is 8.06. The zero-order valence-corrected chi connectivity index (χ0v) is 15.6. The molecule has 3 N–H and O–H groups in total. The van der Waals surface area contributed by atoms with Crippen LogP contribution < -0.4 is 15.1 Å². The Bertz CT molecular complexity index is 768. The molecule has 1 aliphatic rings. The Balaban J connectivity index is 1.55. The number of aromatic hydroxyl groups is 1. The van der Waals surface area contributed by atoms with Crippen LogP contribution in [0.1, 0.15) is 18.1 Å². The molecule has 1 amide bonds. The molecule has 3 rings (SSSR count). The molecule has 138 valence electrons. The van der Waals surface area contributed by atoms with Gasteiger partial charge in [0.15, 0.2) is 6.54 Å². The molecule has 5 nitrogen and oxygen atoms in total. The van der Waals surface area contributed by atoms with Gasteiger partial charge in [-0.1, -0.05) is 37.3 Å². The summed E-state index contributed by atoms with van der Waals surface area (Å²) >= 11 is 0. The van der Waals surface area contributed by atoms with Gasteiger partial charge in [-0.25, -0.2) is 0 Å². The Morgan fingerprint density at radius 3 is 2.58 bits per heavy atom. The second-order valence-corrected chi connectivity index (χ2v) is 6.91. The summed E-state index contributed by atoms with van der Waals surface area (Å²) in [5.41, 5.74) is 4.13. The Hall–Kier alpha value is -2.53. The van der Waals surface area contributed by atoms with E-state index in [-0.39, 0.29) is 5.91 Å². The van der Waals surface area contributed by atoms with Gasteiger partial charge in [0, 0.05) is 5.69 Å². The number of nitrogens with one attached hydrogen (secondary N) is 2. The first-order chi connectivity index (χ1) is 12.6. The van der Waals surface area contributed by atoms with Gasteiger partial charge in [-0.15, -0.1) is 0 Å². The number of anilines is 2. The maximum absolute atomic E-state index is 12.5. The van der Waals surface area contributed by atoms with Crippen molar-refractivity contribution in [1.29, 1.82) is 0 Å². The lowest BCUT2D eigenvalue weighted by Crippen LogP contribution is -3.15. The fourth-order valence-electron chi connectivity index (χ4n) is 3.58. The number of hydrogen-bond donors (Lipinski definition) is 3. The molecule has 0 saturated carbocycles. The van der Waals surface area contributed by atoms with E-state index in [0.29, 0.717) is 12.3 Å². The minimum atomic E-state index is 0.0695.